The minimum absolute atomic E-state index is 0.0169. The summed E-state index contributed by atoms with van der Waals surface area (Å²) in [5.74, 6) is -1.43. The van der Waals surface area contributed by atoms with Crippen LogP contribution in [0, 0.1) is 0 Å². The molecule has 0 bridgehead atoms. The second-order valence-electron chi connectivity index (χ2n) is 10.3. The highest BCUT2D eigenvalue weighted by Gasteiger charge is 2.30. The van der Waals surface area contributed by atoms with E-state index in [9.17, 15) is 32.6 Å². The van der Waals surface area contributed by atoms with Gasteiger partial charge in [0.25, 0.3) is 0 Å². The van der Waals surface area contributed by atoms with E-state index in [1.807, 2.05) is 0 Å². The number of fused-ring (bicyclic) bond motifs is 1. The molecular weight excluding hydrogens is 568 g/mol. The average Bonchev–Trinajstić information content (AvgIpc) is 3.35. The van der Waals surface area contributed by atoms with Gasteiger partial charge in [-0.15, -0.1) is 0 Å². The van der Waals surface area contributed by atoms with Crippen molar-refractivity contribution in [1.82, 2.24) is 15.5 Å². The zero-order valence-electron chi connectivity index (χ0n) is 23.7. The monoisotopic (exact) mass is 606 g/mol. The van der Waals surface area contributed by atoms with Gasteiger partial charge in [0.2, 0.25) is 17.7 Å². The van der Waals surface area contributed by atoms with Gasteiger partial charge in [-0.05, 0) is 53.5 Å². The number of aryl methyl sites for hydroxylation is 1. The van der Waals surface area contributed by atoms with Crippen molar-refractivity contribution in [3.05, 3.63) is 64.7 Å². The molecular formula is C28H38BF3N6O5. The standard InChI is InChI=1S/C28H38BF3N6O5/c30-28(31,32)21-6-2-18(3-7-21)4-9-24(27(41)36-16-19-1-5-20-17-43-29(42)22(20)15-19)37-26(40)23(35)8-10-25(39)38(13-11-33)14-12-34/h1-3,5-7,15,23-24,42H,4,8-14,16-17,33-35H2,(H,36,41)(H,37,40)/t23-,24+/m0/s1. The summed E-state index contributed by atoms with van der Waals surface area (Å²) >= 11 is 0. The van der Waals surface area contributed by atoms with Crippen molar-refractivity contribution in [2.45, 2.75) is 57.1 Å². The van der Waals surface area contributed by atoms with Crippen LogP contribution in [0.1, 0.15) is 41.5 Å². The van der Waals surface area contributed by atoms with Crippen LogP contribution >= 0.6 is 0 Å². The summed E-state index contributed by atoms with van der Waals surface area (Å²) in [7, 11) is -1.05. The normalized spacial score (nSPS) is 14.2. The third-order valence-electron chi connectivity index (χ3n) is 7.13. The highest BCUT2D eigenvalue weighted by Crippen LogP contribution is 2.29. The van der Waals surface area contributed by atoms with Crippen molar-refractivity contribution >= 4 is 30.3 Å². The van der Waals surface area contributed by atoms with Gasteiger partial charge in [0.15, 0.2) is 0 Å². The lowest BCUT2D eigenvalue weighted by Crippen LogP contribution is -2.52. The fraction of sp³-hybridized carbons (Fsp3) is 0.464. The van der Waals surface area contributed by atoms with Crippen molar-refractivity contribution in [2.24, 2.45) is 17.2 Å². The molecule has 234 valence electrons. The molecule has 1 aliphatic rings. The van der Waals surface area contributed by atoms with Crippen LogP contribution in [0.4, 0.5) is 13.2 Å². The lowest BCUT2D eigenvalue weighted by atomic mass is 9.79. The summed E-state index contributed by atoms with van der Waals surface area (Å²) < 4.78 is 44.0. The van der Waals surface area contributed by atoms with Crippen LogP contribution in [-0.4, -0.2) is 73.0 Å². The molecule has 15 heteroatoms. The van der Waals surface area contributed by atoms with Crippen molar-refractivity contribution in [3.63, 3.8) is 0 Å². The van der Waals surface area contributed by atoms with Gasteiger partial charge in [0.1, 0.15) is 6.04 Å². The van der Waals surface area contributed by atoms with Crippen molar-refractivity contribution < 1.29 is 37.2 Å². The summed E-state index contributed by atoms with van der Waals surface area (Å²) in [5, 5.41) is 15.3. The molecule has 2 atom stereocenters. The van der Waals surface area contributed by atoms with E-state index in [0.717, 1.165) is 17.7 Å². The number of hydrogen-bond acceptors (Lipinski definition) is 8. The number of benzene rings is 2. The Kier molecular flexibility index (Phi) is 12.5. The molecule has 11 nitrogen and oxygen atoms in total. The summed E-state index contributed by atoms with van der Waals surface area (Å²) in [6.45, 7) is 1.52. The first-order valence-electron chi connectivity index (χ1n) is 14.0. The third-order valence-corrected chi connectivity index (χ3v) is 7.13. The number of rotatable bonds is 15. The number of carbonyl (C=O) groups excluding carboxylic acids is 3. The Morgan fingerprint density at radius 1 is 1.00 bits per heavy atom. The number of carbonyl (C=O) groups is 3. The maximum atomic E-state index is 13.2. The van der Waals surface area contributed by atoms with Crippen molar-refractivity contribution in [3.8, 4) is 0 Å². The largest absolute Gasteiger partial charge is 0.491 e. The van der Waals surface area contributed by atoms with E-state index in [-0.39, 0.29) is 57.8 Å². The molecule has 2 aromatic carbocycles. The average molecular weight is 606 g/mol. The zero-order chi connectivity index (χ0) is 31.6. The first kappa shape index (κ1) is 34.0. The van der Waals surface area contributed by atoms with E-state index in [0.29, 0.717) is 29.7 Å². The molecule has 2 aromatic rings. The maximum Gasteiger partial charge on any atom is 0.491 e. The molecule has 3 rings (SSSR count). The molecule has 0 spiro atoms. The van der Waals surface area contributed by atoms with Gasteiger partial charge < -0.3 is 42.4 Å². The van der Waals surface area contributed by atoms with Crippen molar-refractivity contribution in [1.29, 1.82) is 0 Å². The van der Waals surface area contributed by atoms with Gasteiger partial charge >= 0.3 is 13.3 Å². The van der Waals surface area contributed by atoms with E-state index in [1.165, 1.54) is 17.0 Å². The Labute approximate surface area is 248 Å². The molecule has 1 heterocycles. The summed E-state index contributed by atoms with van der Waals surface area (Å²) in [5.41, 5.74) is 19.0. The Morgan fingerprint density at radius 3 is 2.28 bits per heavy atom. The van der Waals surface area contributed by atoms with Gasteiger partial charge in [-0.2, -0.15) is 13.2 Å². The first-order chi connectivity index (χ1) is 20.4. The third kappa shape index (κ3) is 10.0. The quantitative estimate of drug-likeness (QED) is 0.147. The number of nitrogens with two attached hydrogens (primary N) is 3. The van der Waals surface area contributed by atoms with Crippen LogP contribution in [0.5, 0.6) is 0 Å². The van der Waals surface area contributed by atoms with E-state index in [2.05, 4.69) is 10.6 Å². The van der Waals surface area contributed by atoms with Crippen LogP contribution in [0.15, 0.2) is 42.5 Å². The highest BCUT2D eigenvalue weighted by atomic mass is 19.4. The topological polar surface area (TPSA) is 186 Å². The lowest BCUT2D eigenvalue weighted by molar-refractivity contribution is -0.137. The summed E-state index contributed by atoms with van der Waals surface area (Å²) in [4.78, 5) is 40.2. The van der Waals surface area contributed by atoms with Gasteiger partial charge in [0.05, 0.1) is 18.2 Å². The first-order valence-corrected chi connectivity index (χ1v) is 14.0. The predicted octanol–water partition coefficient (Wildman–Crippen LogP) is -0.490. The molecule has 0 saturated heterocycles. The number of halogens is 3. The molecule has 1 aliphatic heterocycles. The van der Waals surface area contributed by atoms with Crippen LogP contribution in [0.25, 0.3) is 0 Å². The van der Waals surface area contributed by atoms with Gasteiger partial charge in [0, 0.05) is 39.1 Å². The Morgan fingerprint density at radius 2 is 1.65 bits per heavy atom. The molecule has 3 amide bonds. The molecule has 43 heavy (non-hydrogen) atoms. The highest BCUT2D eigenvalue weighted by molar-refractivity contribution is 6.61. The smallest absolute Gasteiger partial charge is 0.423 e. The molecule has 0 radical (unpaired) electrons. The number of amides is 3. The Bertz CT molecular complexity index is 1240. The zero-order valence-corrected chi connectivity index (χ0v) is 23.7. The molecule has 9 N–H and O–H groups in total. The maximum absolute atomic E-state index is 13.2. The molecule has 0 aromatic heterocycles. The Balaban J connectivity index is 1.65. The summed E-state index contributed by atoms with van der Waals surface area (Å²) in [6, 6.07) is 7.69. The van der Waals surface area contributed by atoms with Crippen LogP contribution in [0.3, 0.4) is 0 Å². The van der Waals surface area contributed by atoms with E-state index >= 15 is 0 Å². The summed E-state index contributed by atoms with van der Waals surface area (Å²) in [6.07, 6.45) is -4.21. The number of nitrogens with zero attached hydrogens (tertiary/aromatic N) is 1. The predicted molar refractivity (Wildman–Crippen MR) is 154 cm³/mol. The van der Waals surface area contributed by atoms with Gasteiger partial charge in [-0.25, -0.2) is 0 Å². The van der Waals surface area contributed by atoms with Gasteiger partial charge in [-0.1, -0.05) is 30.3 Å². The fourth-order valence-electron chi connectivity index (χ4n) is 4.65. The van der Waals surface area contributed by atoms with E-state index in [4.69, 9.17) is 21.9 Å². The number of alkyl halides is 3. The minimum atomic E-state index is -4.47. The molecule has 0 fully saturated rings. The van der Waals surface area contributed by atoms with Gasteiger partial charge in [-0.3, -0.25) is 14.4 Å². The minimum Gasteiger partial charge on any atom is -0.423 e. The number of nitrogens with one attached hydrogen (secondary N) is 2. The second kappa shape index (κ2) is 15.8. The van der Waals surface area contributed by atoms with Crippen LogP contribution < -0.4 is 33.3 Å². The SMILES string of the molecule is NCCN(CCN)C(=O)CC[C@H](N)C(=O)N[C@H](CCc1ccc(C(F)(F)F)cc1)C(=O)NCc1ccc2c(c1)B(O)OC2. The van der Waals surface area contributed by atoms with E-state index < -0.39 is 42.8 Å². The fourth-order valence-corrected chi connectivity index (χ4v) is 4.65. The molecule has 0 saturated carbocycles. The Hall–Kier alpha value is -3.50. The van der Waals surface area contributed by atoms with Crippen LogP contribution in [-0.2, 0) is 44.8 Å². The van der Waals surface area contributed by atoms with E-state index in [1.54, 1.807) is 18.2 Å². The number of hydrogen-bond donors (Lipinski definition) is 6. The molecule has 0 aliphatic carbocycles. The lowest BCUT2D eigenvalue weighted by Gasteiger charge is -2.23. The second-order valence-corrected chi connectivity index (χ2v) is 10.3. The molecule has 0 unspecified atom stereocenters. The van der Waals surface area contributed by atoms with Crippen LogP contribution in [0.2, 0.25) is 0 Å². The van der Waals surface area contributed by atoms with Crippen molar-refractivity contribution in [2.75, 3.05) is 26.2 Å².